The molecule has 0 radical (unpaired) electrons. The monoisotopic (exact) mass is 600 g/mol. The molecule has 4 rings (SSSR count). The number of ether oxygens (including phenoxy) is 4. The first-order valence-corrected chi connectivity index (χ1v) is 14.8. The number of aliphatic hydroxyl groups excluding tert-OH is 1. The summed E-state index contributed by atoms with van der Waals surface area (Å²) in [6, 6.07) is 0. The number of allylic oxidation sites excluding steroid dienone is 5. The minimum absolute atomic E-state index is 0.0642. The molecule has 236 valence electrons. The van der Waals surface area contributed by atoms with Crippen LogP contribution < -0.4 is 0 Å². The molecule has 43 heavy (non-hydrogen) atoms. The molecule has 1 heterocycles. The lowest BCUT2D eigenvalue weighted by Crippen LogP contribution is -2.80. The minimum Gasteiger partial charge on any atom is -0.458 e. The summed E-state index contributed by atoms with van der Waals surface area (Å²) in [6.45, 7) is 10.7. The molecule has 10 nitrogen and oxygen atoms in total. The van der Waals surface area contributed by atoms with E-state index in [1.807, 2.05) is 33.8 Å². The second-order valence-corrected chi connectivity index (χ2v) is 13.0. The van der Waals surface area contributed by atoms with Gasteiger partial charge in [0.25, 0.3) is 0 Å². The number of hydrogen-bond donors (Lipinski definition) is 2. The van der Waals surface area contributed by atoms with E-state index in [4.69, 9.17) is 18.9 Å². The van der Waals surface area contributed by atoms with Crippen molar-refractivity contribution in [1.29, 1.82) is 0 Å². The number of aliphatic hydroxyl groups is 2. The van der Waals surface area contributed by atoms with E-state index in [0.717, 1.165) is 18.1 Å². The van der Waals surface area contributed by atoms with Crippen LogP contribution in [0.4, 0.5) is 0 Å². The molecule has 0 aromatic heterocycles. The zero-order valence-electron chi connectivity index (χ0n) is 26.1. The van der Waals surface area contributed by atoms with Crippen LogP contribution in [0.25, 0.3) is 0 Å². The molecule has 0 bridgehead atoms. The SMILES string of the molecule is CC(=O)OCC(=O)[C@@]1(C)C(O)CC2OC[C@@]2(OC(C)=O)C1C(OC(=O)C1=CC=CCC=C1)C1(O)CCC(C)=C(C)C1(C)C. The Balaban J connectivity index is 1.98. The maximum Gasteiger partial charge on any atom is 0.338 e. The predicted octanol–water partition coefficient (Wildman–Crippen LogP) is 3.45. The van der Waals surface area contributed by atoms with Crippen molar-refractivity contribution in [2.45, 2.75) is 104 Å². The summed E-state index contributed by atoms with van der Waals surface area (Å²) >= 11 is 0. The molecule has 0 aromatic carbocycles. The Morgan fingerprint density at radius 1 is 1.09 bits per heavy atom. The van der Waals surface area contributed by atoms with Crippen LogP contribution in [-0.4, -0.2) is 76.6 Å². The normalized spacial score (nSPS) is 35.5. The number of esters is 3. The van der Waals surface area contributed by atoms with Gasteiger partial charge in [-0.25, -0.2) is 4.79 Å². The highest BCUT2D eigenvalue weighted by Gasteiger charge is 2.75. The number of fused-ring (bicyclic) bond motifs is 1. The molecule has 2 N–H and O–H groups in total. The zero-order chi connectivity index (χ0) is 32.0. The molecule has 0 amide bonds. The third-order valence-electron chi connectivity index (χ3n) is 10.5. The molecule has 7 atom stereocenters. The lowest BCUT2D eigenvalue weighted by atomic mass is 9.48. The summed E-state index contributed by atoms with van der Waals surface area (Å²) in [6.07, 6.45) is 6.16. The quantitative estimate of drug-likeness (QED) is 0.241. The van der Waals surface area contributed by atoms with Gasteiger partial charge in [-0.15, -0.1) is 0 Å². The molecule has 4 aliphatic rings. The van der Waals surface area contributed by atoms with Crippen molar-refractivity contribution in [3.8, 4) is 0 Å². The van der Waals surface area contributed by atoms with Gasteiger partial charge >= 0.3 is 17.9 Å². The minimum atomic E-state index is -1.79. The van der Waals surface area contributed by atoms with Crippen molar-refractivity contribution in [3.63, 3.8) is 0 Å². The highest BCUT2D eigenvalue weighted by molar-refractivity contribution is 5.92. The third kappa shape index (κ3) is 5.42. The summed E-state index contributed by atoms with van der Waals surface area (Å²) in [7, 11) is 0. The van der Waals surface area contributed by atoms with Gasteiger partial charge in [0.2, 0.25) is 0 Å². The fraction of sp³-hybridized carbons (Fsp3) is 0.636. The lowest BCUT2D eigenvalue weighted by Gasteiger charge is -2.65. The Kier molecular flexibility index (Phi) is 8.99. The van der Waals surface area contributed by atoms with Crippen LogP contribution in [-0.2, 0) is 38.1 Å². The van der Waals surface area contributed by atoms with Crippen molar-refractivity contribution in [2.75, 3.05) is 13.2 Å². The molecular weight excluding hydrogens is 556 g/mol. The zero-order valence-corrected chi connectivity index (χ0v) is 26.1. The van der Waals surface area contributed by atoms with E-state index in [1.165, 1.54) is 13.8 Å². The average molecular weight is 601 g/mol. The van der Waals surface area contributed by atoms with Crippen molar-refractivity contribution in [3.05, 3.63) is 47.1 Å². The van der Waals surface area contributed by atoms with Crippen molar-refractivity contribution in [2.24, 2.45) is 16.7 Å². The van der Waals surface area contributed by atoms with Crippen LogP contribution in [0.2, 0.25) is 0 Å². The first-order chi connectivity index (χ1) is 20.0. The molecule has 5 unspecified atom stereocenters. The smallest absolute Gasteiger partial charge is 0.338 e. The van der Waals surface area contributed by atoms with Gasteiger partial charge in [0.05, 0.1) is 29.6 Å². The Morgan fingerprint density at radius 2 is 1.79 bits per heavy atom. The molecule has 1 aliphatic heterocycles. The molecule has 3 aliphatic carbocycles. The van der Waals surface area contributed by atoms with Gasteiger partial charge in [0.15, 0.2) is 18.0 Å². The number of carbonyl (C=O) groups excluding carboxylic acids is 4. The van der Waals surface area contributed by atoms with Gasteiger partial charge < -0.3 is 29.2 Å². The maximum atomic E-state index is 14.1. The Bertz CT molecular complexity index is 1300. The Labute approximate surface area is 252 Å². The topological polar surface area (TPSA) is 146 Å². The molecule has 1 saturated carbocycles. The largest absolute Gasteiger partial charge is 0.458 e. The van der Waals surface area contributed by atoms with Gasteiger partial charge in [0, 0.05) is 25.7 Å². The molecule has 2 fully saturated rings. The van der Waals surface area contributed by atoms with Crippen LogP contribution >= 0.6 is 0 Å². The van der Waals surface area contributed by atoms with Gasteiger partial charge in [-0.2, -0.15) is 0 Å². The second-order valence-electron chi connectivity index (χ2n) is 13.0. The van der Waals surface area contributed by atoms with Crippen molar-refractivity contribution in [1.82, 2.24) is 0 Å². The molecule has 0 aromatic rings. The Hall–Kier alpha value is -3.08. The number of ketones is 1. The highest BCUT2D eigenvalue weighted by Crippen LogP contribution is 2.61. The number of hydrogen-bond acceptors (Lipinski definition) is 10. The molecular formula is C33H44O10. The predicted molar refractivity (Wildman–Crippen MR) is 155 cm³/mol. The standard InChI is InChI=1S/C33H44O10/c1-19-14-15-33(39,30(5,6)20(19)2)28(42-29(38)23-12-10-8-9-11-13-23)27-31(7,25(37)17-40-21(3)34)24(36)16-26-32(27,18-41-26)43-22(4)35/h8,10-13,24,26-28,36,39H,9,14-18H2,1-7H3/t24?,26?,27?,28?,31-,32+,33?/m1/s1. The second kappa shape index (κ2) is 11.8. The van der Waals surface area contributed by atoms with Crippen LogP contribution in [0.1, 0.15) is 74.1 Å². The van der Waals surface area contributed by atoms with E-state index in [-0.39, 0.29) is 25.0 Å². The van der Waals surface area contributed by atoms with Crippen LogP contribution in [0.3, 0.4) is 0 Å². The first kappa shape index (κ1) is 32.8. The summed E-state index contributed by atoms with van der Waals surface area (Å²) in [5.41, 5.74) is -3.88. The van der Waals surface area contributed by atoms with Crippen LogP contribution in [0, 0.1) is 16.7 Å². The summed E-state index contributed by atoms with van der Waals surface area (Å²) in [5, 5.41) is 24.5. The van der Waals surface area contributed by atoms with E-state index in [1.54, 1.807) is 24.3 Å². The average Bonchev–Trinajstić information content (AvgIpc) is 3.23. The fourth-order valence-corrected chi connectivity index (χ4v) is 7.34. The fourth-order valence-electron chi connectivity index (χ4n) is 7.34. The summed E-state index contributed by atoms with van der Waals surface area (Å²) in [4.78, 5) is 52.3. The summed E-state index contributed by atoms with van der Waals surface area (Å²) < 4.78 is 23.2. The van der Waals surface area contributed by atoms with Gasteiger partial charge in [-0.05, 0) is 46.1 Å². The third-order valence-corrected chi connectivity index (χ3v) is 10.5. The highest BCUT2D eigenvalue weighted by atomic mass is 16.6. The van der Waals surface area contributed by atoms with E-state index in [0.29, 0.717) is 12.8 Å². The number of Topliss-reactive ketones (excluding diaryl/α,β-unsaturated/α-hetero) is 1. The van der Waals surface area contributed by atoms with Crippen LogP contribution in [0.15, 0.2) is 47.1 Å². The van der Waals surface area contributed by atoms with Crippen LogP contribution in [0.5, 0.6) is 0 Å². The van der Waals surface area contributed by atoms with E-state index in [9.17, 15) is 29.4 Å². The van der Waals surface area contributed by atoms with Gasteiger partial charge in [0.1, 0.15) is 17.8 Å². The van der Waals surface area contributed by atoms with E-state index < -0.39 is 76.6 Å². The van der Waals surface area contributed by atoms with Crippen molar-refractivity contribution >= 4 is 23.7 Å². The van der Waals surface area contributed by atoms with E-state index >= 15 is 0 Å². The molecule has 1 saturated heterocycles. The molecule has 10 heteroatoms. The first-order valence-electron chi connectivity index (χ1n) is 14.8. The maximum absolute atomic E-state index is 14.1. The van der Waals surface area contributed by atoms with Gasteiger partial charge in [-0.1, -0.05) is 49.3 Å². The van der Waals surface area contributed by atoms with Crippen molar-refractivity contribution < 1.29 is 48.3 Å². The number of carbonyl (C=O) groups is 4. The molecule has 0 spiro atoms. The lowest BCUT2D eigenvalue weighted by molar-refractivity contribution is -0.343. The Morgan fingerprint density at radius 3 is 2.40 bits per heavy atom. The summed E-state index contributed by atoms with van der Waals surface area (Å²) in [5.74, 6) is -4.03. The van der Waals surface area contributed by atoms with Gasteiger partial charge in [-0.3, -0.25) is 14.4 Å². The number of rotatable bonds is 8. The van der Waals surface area contributed by atoms with E-state index in [2.05, 4.69) is 0 Å².